The van der Waals surface area contributed by atoms with Crippen molar-refractivity contribution >= 4 is 5.96 Å². The number of nitrogens with one attached hydrogen (secondary N) is 1. The number of guanidine groups is 1. The van der Waals surface area contributed by atoms with E-state index in [0.29, 0.717) is 18.3 Å². The molecular formula is C15H27N5O. The molecule has 1 atom stereocenters. The maximum Gasteiger partial charge on any atom is 0.223 e. The van der Waals surface area contributed by atoms with Crippen LogP contribution in [0.25, 0.3) is 0 Å². The van der Waals surface area contributed by atoms with Crippen molar-refractivity contribution in [3.63, 3.8) is 0 Å². The van der Waals surface area contributed by atoms with Crippen LogP contribution in [0.5, 0.6) is 0 Å². The van der Waals surface area contributed by atoms with E-state index in [1.165, 1.54) is 12.8 Å². The molecule has 0 spiro atoms. The van der Waals surface area contributed by atoms with Gasteiger partial charge in [0.15, 0.2) is 11.8 Å². The molecule has 1 aromatic rings. The van der Waals surface area contributed by atoms with Gasteiger partial charge in [0.05, 0.1) is 0 Å². The van der Waals surface area contributed by atoms with E-state index in [1.54, 1.807) is 6.92 Å². The SMILES string of the molecule is CCNC(=NCc1noc(C)n1)N1CCC(CC(C)C)C1. The highest BCUT2D eigenvalue weighted by atomic mass is 16.5. The lowest BCUT2D eigenvalue weighted by atomic mass is 9.97. The maximum absolute atomic E-state index is 4.98. The molecule has 2 rings (SSSR count). The van der Waals surface area contributed by atoms with Gasteiger partial charge in [-0.2, -0.15) is 4.98 Å². The standard InChI is InChI=1S/C15H27N5O/c1-5-16-15(17-9-14-18-12(4)21-19-14)20-7-6-13(10-20)8-11(2)3/h11,13H,5-10H2,1-4H3,(H,16,17). The van der Waals surface area contributed by atoms with E-state index < -0.39 is 0 Å². The fourth-order valence-corrected chi connectivity index (χ4v) is 2.86. The van der Waals surface area contributed by atoms with Crippen LogP contribution in [0.1, 0.15) is 45.3 Å². The minimum Gasteiger partial charge on any atom is -0.357 e. The first kappa shape index (κ1) is 15.8. The van der Waals surface area contributed by atoms with E-state index >= 15 is 0 Å². The number of aliphatic imine (C=N–C) groups is 1. The third-order valence-corrected chi connectivity index (χ3v) is 3.66. The van der Waals surface area contributed by atoms with Crippen LogP contribution in [-0.4, -0.2) is 40.6 Å². The molecular weight excluding hydrogens is 266 g/mol. The Morgan fingerprint density at radius 1 is 1.52 bits per heavy atom. The fourth-order valence-electron chi connectivity index (χ4n) is 2.86. The molecule has 0 bridgehead atoms. The second-order valence-electron chi connectivity index (χ2n) is 6.13. The van der Waals surface area contributed by atoms with Gasteiger partial charge in [-0.1, -0.05) is 19.0 Å². The third-order valence-electron chi connectivity index (χ3n) is 3.66. The summed E-state index contributed by atoms with van der Waals surface area (Å²) >= 11 is 0. The zero-order chi connectivity index (χ0) is 15.2. The molecule has 1 aliphatic rings. The monoisotopic (exact) mass is 293 g/mol. The van der Waals surface area contributed by atoms with Gasteiger partial charge in [-0.3, -0.25) is 0 Å². The summed E-state index contributed by atoms with van der Waals surface area (Å²) in [7, 11) is 0. The molecule has 2 heterocycles. The molecule has 21 heavy (non-hydrogen) atoms. The molecule has 1 aliphatic heterocycles. The van der Waals surface area contributed by atoms with Gasteiger partial charge >= 0.3 is 0 Å². The van der Waals surface area contributed by atoms with E-state index in [4.69, 9.17) is 4.52 Å². The highest BCUT2D eigenvalue weighted by molar-refractivity contribution is 5.80. The molecule has 6 nitrogen and oxygen atoms in total. The molecule has 0 aliphatic carbocycles. The topological polar surface area (TPSA) is 66.5 Å². The lowest BCUT2D eigenvalue weighted by molar-refractivity contribution is 0.387. The van der Waals surface area contributed by atoms with Crippen molar-refractivity contribution in [2.24, 2.45) is 16.8 Å². The van der Waals surface area contributed by atoms with Gasteiger partial charge in [0, 0.05) is 26.6 Å². The Balaban J connectivity index is 1.95. The summed E-state index contributed by atoms with van der Waals surface area (Å²) in [6, 6.07) is 0. The van der Waals surface area contributed by atoms with Gasteiger partial charge in [-0.05, 0) is 31.6 Å². The Morgan fingerprint density at radius 2 is 2.33 bits per heavy atom. The van der Waals surface area contributed by atoms with Crippen LogP contribution in [0.2, 0.25) is 0 Å². The van der Waals surface area contributed by atoms with Crippen molar-refractivity contribution in [1.82, 2.24) is 20.4 Å². The summed E-state index contributed by atoms with van der Waals surface area (Å²) in [5.74, 6) is 3.73. The lowest BCUT2D eigenvalue weighted by Crippen LogP contribution is -2.40. The molecule has 1 N–H and O–H groups in total. The zero-order valence-electron chi connectivity index (χ0n) is 13.6. The van der Waals surface area contributed by atoms with E-state index in [0.717, 1.165) is 37.4 Å². The first-order chi connectivity index (χ1) is 10.1. The number of hydrogen-bond acceptors (Lipinski definition) is 4. The Morgan fingerprint density at radius 3 is 2.95 bits per heavy atom. The van der Waals surface area contributed by atoms with Gasteiger partial charge in [-0.25, -0.2) is 4.99 Å². The smallest absolute Gasteiger partial charge is 0.223 e. The van der Waals surface area contributed by atoms with Crippen LogP contribution in [0.15, 0.2) is 9.52 Å². The predicted octanol–water partition coefficient (Wildman–Crippen LogP) is 2.21. The second-order valence-corrected chi connectivity index (χ2v) is 6.13. The van der Waals surface area contributed by atoms with Gasteiger partial charge in [-0.15, -0.1) is 0 Å². The number of aryl methyl sites for hydroxylation is 1. The van der Waals surface area contributed by atoms with Crippen LogP contribution in [0.4, 0.5) is 0 Å². The Hall–Kier alpha value is -1.59. The van der Waals surface area contributed by atoms with Crippen LogP contribution < -0.4 is 5.32 Å². The van der Waals surface area contributed by atoms with Gasteiger partial charge in [0.1, 0.15) is 6.54 Å². The molecule has 1 saturated heterocycles. The quantitative estimate of drug-likeness (QED) is 0.666. The third kappa shape index (κ3) is 4.72. The number of nitrogens with zero attached hydrogens (tertiary/aromatic N) is 4. The van der Waals surface area contributed by atoms with Crippen LogP contribution in [0.3, 0.4) is 0 Å². The van der Waals surface area contributed by atoms with Crippen LogP contribution >= 0.6 is 0 Å². The summed E-state index contributed by atoms with van der Waals surface area (Å²) in [6.07, 6.45) is 2.55. The van der Waals surface area contributed by atoms with Crippen molar-refractivity contribution in [3.8, 4) is 0 Å². The molecule has 1 aromatic heterocycles. The summed E-state index contributed by atoms with van der Waals surface area (Å²) < 4.78 is 4.98. The lowest BCUT2D eigenvalue weighted by Gasteiger charge is -2.21. The van der Waals surface area contributed by atoms with E-state index in [2.05, 4.69) is 46.1 Å². The van der Waals surface area contributed by atoms with Gasteiger partial charge in [0.2, 0.25) is 5.89 Å². The molecule has 0 aromatic carbocycles. The van der Waals surface area contributed by atoms with Crippen molar-refractivity contribution in [2.45, 2.75) is 47.1 Å². The molecule has 6 heteroatoms. The van der Waals surface area contributed by atoms with Gasteiger partial charge < -0.3 is 14.7 Å². The first-order valence-corrected chi connectivity index (χ1v) is 7.91. The van der Waals surface area contributed by atoms with E-state index in [1.807, 2.05) is 0 Å². The Kier molecular flexibility index (Phi) is 5.59. The van der Waals surface area contributed by atoms with Crippen molar-refractivity contribution in [2.75, 3.05) is 19.6 Å². The largest absolute Gasteiger partial charge is 0.357 e. The average Bonchev–Trinajstić information content (AvgIpc) is 3.03. The Bertz CT molecular complexity index is 468. The number of hydrogen-bond donors (Lipinski definition) is 1. The van der Waals surface area contributed by atoms with E-state index in [-0.39, 0.29) is 0 Å². The van der Waals surface area contributed by atoms with Crippen LogP contribution in [0, 0.1) is 18.8 Å². The summed E-state index contributed by atoms with van der Waals surface area (Å²) in [6.45, 7) is 12.0. The van der Waals surface area contributed by atoms with Crippen molar-refractivity contribution in [3.05, 3.63) is 11.7 Å². The molecule has 0 saturated carbocycles. The molecule has 118 valence electrons. The predicted molar refractivity (Wildman–Crippen MR) is 83.0 cm³/mol. The van der Waals surface area contributed by atoms with Gasteiger partial charge in [0.25, 0.3) is 0 Å². The number of rotatable bonds is 5. The summed E-state index contributed by atoms with van der Waals surface area (Å²) in [5, 5.41) is 7.25. The Labute approximate surface area is 127 Å². The normalized spacial score (nSPS) is 19.6. The van der Waals surface area contributed by atoms with E-state index in [9.17, 15) is 0 Å². The highest BCUT2D eigenvalue weighted by Crippen LogP contribution is 2.23. The maximum atomic E-state index is 4.98. The summed E-state index contributed by atoms with van der Waals surface area (Å²) in [4.78, 5) is 11.2. The number of likely N-dealkylation sites (tertiary alicyclic amines) is 1. The minimum atomic E-state index is 0.463. The highest BCUT2D eigenvalue weighted by Gasteiger charge is 2.25. The second kappa shape index (κ2) is 7.43. The average molecular weight is 293 g/mol. The molecule has 1 fully saturated rings. The first-order valence-electron chi connectivity index (χ1n) is 7.91. The number of aromatic nitrogens is 2. The van der Waals surface area contributed by atoms with Crippen LogP contribution in [-0.2, 0) is 6.54 Å². The van der Waals surface area contributed by atoms with Crippen molar-refractivity contribution < 1.29 is 4.52 Å². The molecule has 0 amide bonds. The fraction of sp³-hybridized carbons (Fsp3) is 0.800. The molecule has 0 radical (unpaired) electrons. The minimum absolute atomic E-state index is 0.463. The molecule has 1 unspecified atom stereocenters. The summed E-state index contributed by atoms with van der Waals surface area (Å²) in [5.41, 5.74) is 0. The zero-order valence-corrected chi connectivity index (χ0v) is 13.6. The van der Waals surface area contributed by atoms with Crippen molar-refractivity contribution in [1.29, 1.82) is 0 Å².